The molecule has 2 amide bonds. The summed E-state index contributed by atoms with van der Waals surface area (Å²) in [5.74, 6) is 0.248. The third kappa shape index (κ3) is 3.17. The first kappa shape index (κ1) is 22.9. The van der Waals surface area contributed by atoms with Crippen molar-refractivity contribution in [3.8, 4) is 6.07 Å². The summed E-state index contributed by atoms with van der Waals surface area (Å²) >= 11 is 0. The van der Waals surface area contributed by atoms with Crippen LogP contribution in [0.2, 0.25) is 0 Å². The van der Waals surface area contributed by atoms with Gasteiger partial charge in [-0.1, -0.05) is 44.2 Å². The summed E-state index contributed by atoms with van der Waals surface area (Å²) in [6.45, 7) is 6.09. The smallest absolute Gasteiger partial charge is 0.240 e. The normalized spacial score (nSPS) is 28.9. The number of amides is 2. The number of anilines is 1. The van der Waals surface area contributed by atoms with Gasteiger partial charge in [-0.3, -0.25) is 9.59 Å². The van der Waals surface area contributed by atoms with Crippen LogP contribution in [-0.2, 0) is 20.7 Å². The molecule has 3 aliphatic rings. The zero-order chi connectivity index (χ0) is 25.2. The molecule has 4 heterocycles. The molecule has 2 bridgehead atoms. The largest absolute Gasteiger partial charge is 0.445 e. The van der Waals surface area contributed by atoms with Crippen molar-refractivity contribution in [3.05, 3.63) is 59.8 Å². The van der Waals surface area contributed by atoms with Gasteiger partial charge < -0.3 is 9.15 Å². The van der Waals surface area contributed by atoms with Gasteiger partial charge >= 0.3 is 0 Å². The SMILES string of the molecule is CC(C)c1cnc(CCCC23CCC(C)(O2)C2C(=O)N(c4ccc5ccccc5c4C#N)C(=O)C23)o1. The highest BCUT2D eigenvalue weighted by molar-refractivity contribution is 6.24. The van der Waals surface area contributed by atoms with E-state index in [-0.39, 0.29) is 17.7 Å². The Morgan fingerprint density at radius 1 is 1.14 bits per heavy atom. The quantitative estimate of drug-likeness (QED) is 0.443. The molecule has 3 saturated heterocycles. The molecule has 1 aromatic heterocycles. The summed E-state index contributed by atoms with van der Waals surface area (Å²) in [4.78, 5) is 33.4. The molecule has 0 aliphatic carbocycles. The monoisotopic (exact) mass is 483 g/mol. The number of benzene rings is 2. The topological polar surface area (TPSA) is 96.4 Å². The number of imide groups is 1. The summed E-state index contributed by atoms with van der Waals surface area (Å²) < 4.78 is 12.4. The van der Waals surface area contributed by atoms with Crippen molar-refractivity contribution in [1.82, 2.24) is 4.98 Å². The Labute approximate surface area is 210 Å². The number of nitriles is 1. The Balaban J connectivity index is 1.31. The fourth-order valence-electron chi connectivity index (χ4n) is 6.66. The van der Waals surface area contributed by atoms with Gasteiger partial charge in [-0.2, -0.15) is 5.26 Å². The van der Waals surface area contributed by atoms with E-state index < -0.39 is 23.0 Å². The van der Waals surface area contributed by atoms with Crippen molar-refractivity contribution in [1.29, 1.82) is 5.26 Å². The highest BCUT2D eigenvalue weighted by atomic mass is 16.5. The number of oxazole rings is 1. The van der Waals surface area contributed by atoms with Crippen LogP contribution < -0.4 is 4.90 Å². The minimum absolute atomic E-state index is 0.251. The number of hydrogen-bond donors (Lipinski definition) is 0. The molecule has 3 aliphatic heterocycles. The van der Waals surface area contributed by atoms with E-state index in [1.54, 1.807) is 12.3 Å². The van der Waals surface area contributed by atoms with Gasteiger partial charge in [0.1, 0.15) is 11.8 Å². The van der Waals surface area contributed by atoms with Crippen LogP contribution in [0.3, 0.4) is 0 Å². The molecule has 0 radical (unpaired) electrons. The number of aryl methyl sites for hydroxylation is 1. The Bertz CT molecular complexity index is 1440. The number of carbonyl (C=O) groups excluding carboxylic acids is 2. The summed E-state index contributed by atoms with van der Waals surface area (Å²) in [5, 5.41) is 11.6. The molecule has 0 N–H and O–H groups in total. The summed E-state index contributed by atoms with van der Waals surface area (Å²) in [6.07, 6.45) is 5.31. The third-order valence-corrected chi connectivity index (χ3v) is 8.40. The van der Waals surface area contributed by atoms with Crippen LogP contribution in [0.1, 0.15) is 69.6 Å². The molecule has 4 atom stereocenters. The number of fused-ring (bicyclic) bond motifs is 6. The lowest BCUT2D eigenvalue weighted by Crippen LogP contribution is -2.42. The van der Waals surface area contributed by atoms with Crippen LogP contribution in [-0.4, -0.2) is 28.0 Å². The predicted molar refractivity (Wildman–Crippen MR) is 133 cm³/mol. The fourth-order valence-corrected chi connectivity index (χ4v) is 6.66. The van der Waals surface area contributed by atoms with E-state index in [2.05, 4.69) is 24.9 Å². The van der Waals surface area contributed by atoms with Crippen molar-refractivity contribution in [2.45, 2.75) is 70.0 Å². The molecular weight excluding hydrogens is 454 g/mol. The molecule has 0 saturated carbocycles. The van der Waals surface area contributed by atoms with E-state index in [4.69, 9.17) is 9.15 Å². The number of ether oxygens (including phenoxy) is 1. The van der Waals surface area contributed by atoms with Crippen LogP contribution in [0.5, 0.6) is 0 Å². The molecule has 2 aromatic carbocycles. The van der Waals surface area contributed by atoms with Gasteiger partial charge in [-0.15, -0.1) is 0 Å². The van der Waals surface area contributed by atoms with Gasteiger partial charge in [0.05, 0.1) is 40.5 Å². The molecule has 4 unspecified atom stereocenters. The van der Waals surface area contributed by atoms with Gasteiger partial charge in [0, 0.05) is 17.7 Å². The highest BCUT2D eigenvalue weighted by Gasteiger charge is 2.73. The Morgan fingerprint density at radius 3 is 2.67 bits per heavy atom. The standard InChI is InChI=1S/C29H29N3O4/c1-17(2)22-16-31-23(35-22)9-6-12-29-14-13-28(3,36-29)24-25(29)27(34)32(26(24)33)21-11-10-18-7-4-5-8-19(18)20(21)15-30/h4-5,7-8,10-11,16-17,24-25H,6,9,12-14H2,1-3H3. The van der Waals surface area contributed by atoms with E-state index in [1.807, 2.05) is 37.3 Å². The Morgan fingerprint density at radius 2 is 1.92 bits per heavy atom. The number of hydrogen-bond acceptors (Lipinski definition) is 6. The third-order valence-electron chi connectivity index (χ3n) is 8.40. The highest BCUT2D eigenvalue weighted by Crippen LogP contribution is 2.62. The van der Waals surface area contributed by atoms with E-state index >= 15 is 0 Å². The van der Waals surface area contributed by atoms with Crippen LogP contribution in [0.4, 0.5) is 5.69 Å². The van der Waals surface area contributed by atoms with Crippen molar-refractivity contribution in [3.63, 3.8) is 0 Å². The van der Waals surface area contributed by atoms with Crippen molar-refractivity contribution >= 4 is 28.3 Å². The molecule has 184 valence electrons. The van der Waals surface area contributed by atoms with Gasteiger partial charge in [-0.05, 0) is 44.1 Å². The van der Waals surface area contributed by atoms with E-state index in [9.17, 15) is 14.9 Å². The summed E-state index contributed by atoms with van der Waals surface area (Å²) in [7, 11) is 0. The van der Waals surface area contributed by atoms with Crippen molar-refractivity contribution in [2.75, 3.05) is 4.90 Å². The number of rotatable bonds is 6. The van der Waals surface area contributed by atoms with Crippen molar-refractivity contribution in [2.24, 2.45) is 11.8 Å². The van der Waals surface area contributed by atoms with E-state index in [0.717, 1.165) is 35.8 Å². The molecular formula is C29H29N3O4. The predicted octanol–water partition coefficient (Wildman–Crippen LogP) is 5.27. The molecule has 0 spiro atoms. The van der Waals surface area contributed by atoms with Crippen LogP contribution in [0.25, 0.3) is 10.8 Å². The van der Waals surface area contributed by atoms with Crippen LogP contribution in [0.15, 0.2) is 47.0 Å². The lowest BCUT2D eigenvalue weighted by molar-refractivity contribution is -0.130. The number of nitrogens with zero attached hydrogens (tertiary/aromatic N) is 3. The molecule has 6 rings (SSSR count). The molecule has 3 aromatic rings. The lowest BCUT2D eigenvalue weighted by Gasteiger charge is -2.31. The maximum absolute atomic E-state index is 13.9. The zero-order valence-electron chi connectivity index (χ0n) is 20.8. The first-order valence-corrected chi connectivity index (χ1v) is 12.7. The number of carbonyl (C=O) groups is 2. The Kier molecular flexibility index (Phi) is 5.10. The van der Waals surface area contributed by atoms with Crippen LogP contribution in [0, 0.1) is 23.2 Å². The maximum atomic E-state index is 13.9. The Hall–Kier alpha value is -3.50. The maximum Gasteiger partial charge on any atom is 0.240 e. The second-order valence-electron chi connectivity index (χ2n) is 10.9. The van der Waals surface area contributed by atoms with Gasteiger partial charge in [0.2, 0.25) is 11.8 Å². The first-order valence-electron chi connectivity index (χ1n) is 12.7. The fraction of sp³-hybridized carbons (Fsp3) is 0.448. The molecule has 7 heteroatoms. The van der Waals surface area contributed by atoms with Gasteiger partial charge in [0.15, 0.2) is 5.89 Å². The minimum atomic E-state index is -0.683. The zero-order valence-corrected chi connectivity index (χ0v) is 20.8. The average Bonchev–Trinajstić information content (AvgIpc) is 3.59. The van der Waals surface area contributed by atoms with E-state index in [0.29, 0.717) is 30.0 Å². The lowest BCUT2D eigenvalue weighted by atomic mass is 9.67. The summed E-state index contributed by atoms with van der Waals surface area (Å²) in [5.41, 5.74) is -0.631. The van der Waals surface area contributed by atoms with E-state index in [1.165, 1.54) is 4.90 Å². The second-order valence-corrected chi connectivity index (χ2v) is 10.9. The average molecular weight is 484 g/mol. The van der Waals surface area contributed by atoms with Gasteiger partial charge in [-0.25, -0.2) is 9.88 Å². The summed E-state index contributed by atoms with van der Waals surface area (Å²) in [6, 6.07) is 13.4. The minimum Gasteiger partial charge on any atom is -0.445 e. The van der Waals surface area contributed by atoms with Crippen LogP contribution >= 0.6 is 0 Å². The van der Waals surface area contributed by atoms with Gasteiger partial charge in [0.25, 0.3) is 0 Å². The van der Waals surface area contributed by atoms with Crippen molar-refractivity contribution < 1.29 is 18.7 Å². The second kappa shape index (κ2) is 8.01. The molecule has 7 nitrogen and oxygen atoms in total. The first-order chi connectivity index (χ1) is 17.3. The molecule has 36 heavy (non-hydrogen) atoms. The number of aromatic nitrogens is 1. The molecule has 3 fully saturated rings.